The van der Waals surface area contributed by atoms with Gasteiger partial charge in [-0.2, -0.15) is 5.26 Å². The normalized spacial score (nSPS) is 10.6. The van der Waals surface area contributed by atoms with E-state index in [-0.39, 0.29) is 0 Å². The first-order valence-electron chi connectivity index (χ1n) is 6.45. The van der Waals surface area contributed by atoms with Crippen LogP contribution in [0.25, 0.3) is 10.8 Å². The predicted octanol–water partition coefficient (Wildman–Crippen LogP) is 2.35. The summed E-state index contributed by atoms with van der Waals surface area (Å²) in [6.07, 6.45) is 0.609. The summed E-state index contributed by atoms with van der Waals surface area (Å²) in [6.45, 7) is 0. The Labute approximate surface area is 126 Å². The van der Waals surface area contributed by atoms with Crippen molar-refractivity contribution in [2.75, 3.05) is 11.6 Å². The molecule has 2 aromatic carbocycles. The summed E-state index contributed by atoms with van der Waals surface area (Å²) < 4.78 is 1.46. The van der Waals surface area contributed by atoms with Crippen LogP contribution in [0.2, 0.25) is 0 Å². The molecule has 0 bridgehead atoms. The molecule has 0 aliphatic carbocycles. The SMILES string of the molecule is N#CCSc1nnc(Cc2cccc3ccccc23)n1N. The van der Waals surface area contributed by atoms with E-state index >= 15 is 0 Å². The predicted molar refractivity (Wildman–Crippen MR) is 83.3 cm³/mol. The van der Waals surface area contributed by atoms with Gasteiger partial charge in [0.1, 0.15) is 0 Å². The highest BCUT2D eigenvalue weighted by Crippen LogP contribution is 2.21. The Morgan fingerprint density at radius 1 is 1.14 bits per heavy atom. The molecule has 0 radical (unpaired) electrons. The van der Waals surface area contributed by atoms with Crippen LogP contribution in [0, 0.1) is 11.3 Å². The van der Waals surface area contributed by atoms with Crippen LogP contribution in [0.4, 0.5) is 0 Å². The minimum absolute atomic E-state index is 0.309. The van der Waals surface area contributed by atoms with Crippen molar-refractivity contribution in [3.05, 3.63) is 53.9 Å². The molecule has 0 unspecified atom stereocenters. The summed E-state index contributed by atoms with van der Waals surface area (Å²) in [4.78, 5) is 0. The Hall–Kier alpha value is -2.52. The fraction of sp³-hybridized carbons (Fsp3) is 0.133. The Balaban J connectivity index is 1.93. The number of fused-ring (bicyclic) bond motifs is 1. The Morgan fingerprint density at radius 3 is 2.81 bits per heavy atom. The van der Waals surface area contributed by atoms with Gasteiger partial charge in [0.2, 0.25) is 5.16 Å². The van der Waals surface area contributed by atoms with Crippen LogP contribution < -0.4 is 5.84 Å². The van der Waals surface area contributed by atoms with Crippen molar-refractivity contribution in [2.24, 2.45) is 0 Å². The van der Waals surface area contributed by atoms with Crippen molar-refractivity contribution < 1.29 is 0 Å². The molecule has 0 saturated carbocycles. The number of hydrogen-bond acceptors (Lipinski definition) is 5. The summed E-state index contributed by atoms with van der Waals surface area (Å²) in [5.41, 5.74) is 1.16. The fourth-order valence-electron chi connectivity index (χ4n) is 2.24. The minimum Gasteiger partial charge on any atom is -0.336 e. The molecule has 3 rings (SSSR count). The summed E-state index contributed by atoms with van der Waals surface area (Å²) in [7, 11) is 0. The highest BCUT2D eigenvalue weighted by molar-refractivity contribution is 7.99. The zero-order valence-corrected chi connectivity index (χ0v) is 12.0. The number of hydrogen-bond donors (Lipinski definition) is 1. The summed E-state index contributed by atoms with van der Waals surface area (Å²) in [6, 6.07) is 16.5. The standard InChI is InChI=1S/C15H13N5S/c16-8-9-21-15-19-18-14(20(15)17)10-12-6-3-5-11-4-1-2-7-13(11)12/h1-7H,9-10,17H2. The molecule has 104 valence electrons. The van der Waals surface area contributed by atoms with Crippen molar-refractivity contribution in [3.63, 3.8) is 0 Å². The van der Waals surface area contributed by atoms with E-state index in [1.807, 2.05) is 18.2 Å². The Kier molecular flexibility index (Phi) is 3.75. The lowest BCUT2D eigenvalue weighted by molar-refractivity contribution is 0.807. The molecule has 0 spiro atoms. The second kappa shape index (κ2) is 5.85. The first-order chi connectivity index (χ1) is 10.3. The molecule has 21 heavy (non-hydrogen) atoms. The van der Waals surface area contributed by atoms with Crippen molar-refractivity contribution >= 4 is 22.5 Å². The first-order valence-corrected chi connectivity index (χ1v) is 7.44. The zero-order chi connectivity index (χ0) is 14.7. The van der Waals surface area contributed by atoms with Crippen molar-refractivity contribution in [1.29, 1.82) is 5.26 Å². The Bertz CT molecular complexity index is 813. The average Bonchev–Trinajstić information content (AvgIpc) is 2.86. The van der Waals surface area contributed by atoms with Gasteiger partial charge >= 0.3 is 0 Å². The van der Waals surface area contributed by atoms with Crippen LogP contribution in [0.1, 0.15) is 11.4 Å². The van der Waals surface area contributed by atoms with Crippen molar-refractivity contribution in [2.45, 2.75) is 11.6 Å². The maximum Gasteiger partial charge on any atom is 0.210 e. The lowest BCUT2D eigenvalue weighted by Gasteiger charge is -2.06. The van der Waals surface area contributed by atoms with E-state index in [4.69, 9.17) is 11.1 Å². The van der Waals surface area contributed by atoms with Crippen LogP contribution in [-0.4, -0.2) is 20.6 Å². The van der Waals surface area contributed by atoms with Gasteiger partial charge in [-0.25, -0.2) is 4.68 Å². The monoisotopic (exact) mass is 295 g/mol. The molecule has 1 aromatic heterocycles. The minimum atomic E-state index is 0.309. The lowest BCUT2D eigenvalue weighted by Crippen LogP contribution is -2.14. The third-order valence-corrected chi connectivity index (χ3v) is 4.04. The van der Waals surface area contributed by atoms with E-state index in [1.54, 1.807) is 0 Å². The van der Waals surface area contributed by atoms with Crippen molar-refractivity contribution in [3.8, 4) is 6.07 Å². The van der Waals surface area contributed by atoms with Crippen LogP contribution in [0.15, 0.2) is 47.6 Å². The van der Waals surface area contributed by atoms with Gasteiger partial charge in [0.25, 0.3) is 0 Å². The van der Waals surface area contributed by atoms with Gasteiger partial charge in [0.05, 0.1) is 11.8 Å². The maximum absolute atomic E-state index is 8.61. The molecule has 0 fully saturated rings. The second-order valence-electron chi connectivity index (χ2n) is 4.53. The molecule has 0 saturated heterocycles. The number of thioether (sulfide) groups is 1. The summed E-state index contributed by atoms with van der Waals surface area (Å²) in [5.74, 6) is 6.99. The number of nitrogen functional groups attached to an aromatic ring is 1. The quantitative estimate of drug-likeness (QED) is 0.590. The molecule has 0 amide bonds. The highest BCUT2D eigenvalue weighted by Gasteiger charge is 2.11. The molecule has 1 heterocycles. The number of aromatic nitrogens is 3. The highest BCUT2D eigenvalue weighted by atomic mass is 32.2. The molecule has 0 atom stereocenters. The molecule has 0 aliphatic heterocycles. The van der Waals surface area contributed by atoms with Gasteiger partial charge in [0, 0.05) is 6.42 Å². The van der Waals surface area contributed by atoms with E-state index < -0.39 is 0 Å². The van der Waals surface area contributed by atoms with Gasteiger partial charge in [-0.05, 0) is 16.3 Å². The largest absolute Gasteiger partial charge is 0.336 e. The van der Waals surface area contributed by atoms with Crippen LogP contribution in [0.5, 0.6) is 0 Å². The van der Waals surface area contributed by atoms with Crippen LogP contribution in [-0.2, 0) is 6.42 Å². The average molecular weight is 295 g/mol. The lowest BCUT2D eigenvalue weighted by atomic mass is 10.0. The van der Waals surface area contributed by atoms with Crippen molar-refractivity contribution in [1.82, 2.24) is 14.9 Å². The molecular formula is C15H13N5S. The third kappa shape index (κ3) is 2.69. The van der Waals surface area contributed by atoms with Gasteiger partial charge in [0.15, 0.2) is 5.82 Å². The fourth-order valence-corrected chi connectivity index (χ4v) is 2.78. The molecular weight excluding hydrogens is 282 g/mol. The molecule has 5 nitrogen and oxygen atoms in total. The summed E-state index contributed by atoms with van der Waals surface area (Å²) >= 11 is 1.29. The molecule has 2 N–H and O–H groups in total. The maximum atomic E-state index is 8.61. The van der Waals surface area contributed by atoms with Gasteiger partial charge in [-0.3, -0.25) is 0 Å². The van der Waals surface area contributed by atoms with Gasteiger partial charge < -0.3 is 5.84 Å². The molecule has 6 heteroatoms. The topological polar surface area (TPSA) is 80.5 Å². The summed E-state index contributed by atoms with van der Waals surface area (Å²) in [5, 5.41) is 19.7. The van der Waals surface area contributed by atoms with Crippen LogP contribution >= 0.6 is 11.8 Å². The number of nitrogens with zero attached hydrogens (tertiary/aromatic N) is 4. The van der Waals surface area contributed by atoms with E-state index in [9.17, 15) is 0 Å². The second-order valence-corrected chi connectivity index (χ2v) is 5.47. The van der Waals surface area contributed by atoms with E-state index in [2.05, 4.69) is 40.5 Å². The van der Waals surface area contributed by atoms with Crippen LogP contribution in [0.3, 0.4) is 0 Å². The van der Waals surface area contributed by atoms with Gasteiger partial charge in [-0.1, -0.05) is 54.2 Å². The third-order valence-electron chi connectivity index (χ3n) is 3.23. The zero-order valence-electron chi connectivity index (χ0n) is 11.2. The van der Waals surface area contributed by atoms with E-state index in [0.717, 1.165) is 5.56 Å². The van der Waals surface area contributed by atoms with Gasteiger partial charge in [-0.15, -0.1) is 10.2 Å². The first kappa shape index (κ1) is 13.5. The smallest absolute Gasteiger partial charge is 0.210 e. The number of nitriles is 1. The molecule has 0 aliphatic rings. The number of benzene rings is 2. The Morgan fingerprint density at radius 2 is 1.95 bits per heavy atom. The molecule has 3 aromatic rings. The number of rotatable bonds is 4. The number of nitrogens with two attached hydrogens (primary N) is 1. The van der Waals surface area contributed by atoms with E-state index in [1.165, 1.54) is 27.2 Å². The van der Waals surface area contributed by atoms with E-state index in [0.29, 0.717) is 23.2 Å².